The van der Waals surface area contributed by atoms with Gasteiger partial charge in [-0.25, -0.2) is 4.79 Å². The largest absolute Gasteiger partial charge is 0.450 e. The van der Waals surface area contributed by atoms with Gasteiger partial charge in [-0.05, 0) is 50.2 Å². The van der Waals surface area contributed by atoms with Gasteiger partial charge in [-0.1, -0.05) is 24.3 Å². The van der Waals surface area contributed by atoms with Gasteiger partial charge in [-0.3, -0.25) is 4.79 Å². The third-order valence-corrected chi connectivity index (χ3v) is 5.08. The second-order valence-corrected chi connectivity index (χ2v) is 6.61. The topological polar surface area (TPSA) is 58.6 Å². The van der Waals surface area contributed by atoms with Gasteiger partial charge in [0.15, 0.2) is 0 Å². The van der Waals surface area contributed by atoms with Crippen molar-refractivity contribution in [2.45, 2.75) is 45.1 Å². The number of amides is 2. The van der Waals surface area contributed by atoms with E-state index in [1.54, 1.807) is 11.8 Å². The highest BCUT2D eigenvalue weighted by molar-refractivity contribution is 5.79. The molecule has 3 rings (SSSR count). The monoisotopic (exact) mass is 330 g/mol. The van der Waals surface area contributed by atoms with Crippen molar-refractivity contribution >= 4 is 12.0 Å². The number of benzene rings is 1. The van der Waals surface area contributed by atoms with E-state index in [-0.39, 0.29) is 24.0 Å². The first-order valence-electron chi connectivity index (χ1n) is 8.99. The molecule has 0 saturated carbocycles. The summed E-state index contributed by atoms with van der Waals surface area (Å²) in [6.45, 7) is 3.39. The van der Waals surface area contributed by atoms with E-state index in [1.807, 2.05) is 6.07 Å². The van der Waals surface area contributed by atoms with E-state index in [2.05, 4.69) is 23.5 Å². The summed E-state index contributed by atoms with van der Waals surface area (Å²) >= 11 is 0. The summed E-state index contributed by atoms with van der Waals surface area (Å²) < 4.78 is 5.02. The molecule has 0 bridgehead atoms. The minimum Gasteiger partial charge on any atom is -0.450 e. The molecule has 0 aromatic heterocycles. The van der Waals surface area contributed by atoms with Crippen molar-refractivity contribution in [3.05, 3.63) is 35.4 Å². The van der Waals surface area contributed by atoms with Crippen molar-refractivity contribution in [3.63, 3.8) is 0 Å². The fraction of sp³-hybridized carbons (Fsp3) is 0.579. The van der Waals surface area contributed by atoms with Gasteiger partial charge in [-0.2, -0.15) is 0 Å². The number of fused-ring (bicyclic) bond motifs is 1. The van der Waals surface area contributed by atoms with E-state index < -0.39 is 0 Å². The zero-order valence-corrected chi connectivity index (χ0v) is 14.3. The van der Waals surface area contributed by atoms with Gasteiger partial charge in [0.2, 0.25) is 5.91 Å². The first kappa shape index (κ1) is 16.8. The highest BCUT2D eigenvalue weighted by atomic mass is 16.6. The van der Waals surface area contributed by atoms with E-state index in [1.165, 1.54) is 11.1 Å². The van der Waals surface area contributed by atoms with E-state index >= 15 is 0 Å². The normalized spacial score (nSPS) is 21.0. The van der Waals surface area contributed by atoms with Crippen molar-refractivity contribution in [1.29, 1.82) is 0 Å². The first-order chi connectivity index (χ1) is 11.7. The third kappa shape index (κ3) is 3.71. The molecule has 1 fully saturated rings. The lowest BCUT2D eigenvalue weighted by molar-refractivity contribution is -0.127. The van der Waals surface area contributed by atoms with Crippen LogP contribution in [0.15, 0.2) is 24.3 Å². The zero-order chi connectivity index (χ0) is 16.9. The minimum absolute atomic E-state index is 0.00948. The molecule has 0 radical (unpaired) electrons. The molecule has 5 heteroatoms. The van der Waals surface area contributed by atoms with Crippen LogP contribution in [0.25, 0.3) is 0 Å². The smallest absolute Gasteiger partial charge is 0.409 e. The Kier molecular flexibility index (Phi) is 5.38. The molecule has 1 heterocycles. The fourth-order valence-corrected chi connectivity index (χ4v) is 3.73. The molecule has 24 heavy (non-hydrogen) atoms. The molecule has 0 spiro atoms. The van der Waals surface area contributed by atoms with Crippen LogP contribution in [0.5, 0.6) is 0 Å². The van der Waals surface area contributed by atoms with Crippen LogP contribution in [0, 0.1) is 5.92 Å². The lowest BCUT2D eigenvalue weighted by Gasteiger charge is -2.32. The molecule has 2 aliphatic rings. The number of piperidine rings is 1. The number of hydrogen-bond acceptors (Lipinski definition) is 3. The van der Waals surface area contributed by atoms with E-state index in [4.69, 9.17) is 4.74 Å². The van der Waals surface area contributed by atoms with Crippen molar-refractivity contribution in [2.24, 2.45) is 5.92 Å². The Bertz CT molecular complexity index is 594. The Morgan fingerprint density at radius 2 is 1.96 bits per heavy atom. The van der Waals surface area contributed by atoms with Gasteiger partial charge in [0.05, 0.1) is 12.6 Å². The second-order valence-electron chi connectivity index (χ2n) is 6.61. The Labute approximate surface area is 143 Å². The molecule has 2 amide bonds. The highest BCUT2D eigenvalue weighted by Crippen LogP contribution is 2.30. The van der Waals surface area contributed by atoms with Gasteiger partial charge in [0.25, 0.3) is 0 Å². The number of carbonyl (C=O) groups excluding carboxylic acids is 2. The quantitative estimate of drug-likeness (QED) is 0.927. The number of likely N-dealkylation sites (tertiary alicyclic amines) is 1. The summed E-state index contributed by atoms with van der Waals surface area (Å²) in [5, 5.41) is 3.24. The molecule has 1 aliphatic heterocycles. The molecule has 130 valence electrons. The number of ether oxygens (including phenoxy) is 1. The average molecular weight is 330 g/mol. The molecular formula is C19H26N2O3. The summed E-state index contributed by atoms with van der Waals surface area (Å²) in [5.41, 5.74) is 2.62. The number of hydrogen-bond donors (Lipinski definition) is 1. The lowest BCUT2D eigenvalue weighted by atomic mass is 9.87. The first-order valence-corrected chi connectivity index (χ1v) is 8.99. The average Bonchev–Trinajstić information content (AvgIpc) is 2.62. The number of nitrogens with zero attached hydrogens (tertiary/aromatic N) is 1. The molecular weight excluding hydrogens is 304 g/mol. The number of carbonyl (C=O) groups is 2. The predicted molar refractivity (Wildman–Crippen MR) is 91.6 cm³/mol. The van der Waals surface area contributed by atoms with Gasteiger partial charge in [0, 0.05) is 19.0 Å². The molecule has 1 atom stereocenters. The van der Waals surface area contributed by atoms with Crippen molar-refractivity contribution in [3.8, 4) is 0 Å². The Balaban J connectivity index is 1.55. The Hall–Kier alpha value is -2.04. The van der Waals surface area contributed by atoms with Crippen LogP contribution < -0.4 is 5.32 Å². The van der Waals surface area contributed by atoms with Crippen LogP contribution >= 0.6 is 0 Å². The SMILES string of the molecule is CCOC(=O)N1CCC(C(=O)NC2CCCc3ccccc32)CC1. The van der Waals surface area contributed by atoms with Crippen LogP contribution in [0.2, 0.25) is 0 Å². The van der Waals surface area contributed by atoms with E-state index in [0.717, 1.165) is 19.3 Å². The number of nitrogens with one attached hydrogen (secondary N) is 1. The minimum atomic E-state index is -0.266. The summed E-state index contributed by atoms with van der Waals surface area (Å²) in [6, 6.07) is 8.52. The summed E-state index contributed by atoms with van der Waals surface area (Å²) in [6.07, 6.45) is 4.36. The van der Waals surface area contributed by atoms with Gasteiger partial charge in [0.1, 0.15) is 0 Å². The number of aryl methyl sites for hydroxylation is 1. The van der Waals surface area contributed by atoms with Crippen LogP contribution in [0.3, 0.4) is 0 Å². The maximum atomic E-state index is 12.6. The van der Waals surface area contributed by atoms with Crippen molar-refractivity contribution in [2.75, 3.05) is 19.7 Å². The van der Waals surface area contributed by atoms with Gasteiger partial charge < -0.3 is 15.0 Å². The van der Waals surface area contributed by atoms with Gasteiger partial charge >= 0.3 is 6.09 Å². The third-order valence-electron chi connectivity index (χ3n) is 5.08. The van der Waals surface area contributed by atoms with Crippen LogP contribution in [-0.4, -0.2) is 36.6 Å². The van der Waals surface area contributed by atoms with E-state index in [9.17, 15) is 9.59 Å². The molecule has 1 aromatic carbocycles. The molecule has 1 unspecified atom stereocenters. The maximum absolute atomic E-state index is 12.6. The molecule has 1 N–H and O–H groups in total. The standard InChI is InChI=1S/C19H26N2O3/c1-2-24-19(23)21-12-10-15(11-13-21)18(22)20-17-9-5-7-14-6-3-4-8-16(14)17/h3-4,6,8,15,17H,2,5,7,9-13H2,1H3,(H,20,22). The highest BCUT2D eigenvalue weighted by Gasteiger charge is 2.30. The van der Waals surface area contributed by atoms with Crippen molar-refractivity contribution in [1.82, 2.24) is 10.2 Å². The Morgan fingerprint density at radius 1 is 1.21 bits per heavy atom. The lowest BCUT2D eigenvalue weighted by Crippen LogP contribution is -2.44. The van der Waals surface area contributed by atoms with Crippen LogP contribution in [0.1, 0.15) is 49.8 Å². The fourth-order valence-electron chi connectivity index (χ4n) is 3.73. The van der Waals surface area contributed by atoms with Gasteiger partial charge in [-0.15, -0.1) is 0 Å². The molecule has 1 aromatic rings. The predicted octanol–water partition coefficient (Wildman–Crippen LogP) is 3.05. The van der Waals surface area contributed by atoms with Crippen molar-refractivity contribution < 1.29 is 14.3 Å². The summed E-state index contributed by atoms with van der Waals surface area (Å²) in [7, 11) is 0. The molecule has 1 aliphatic carbocycles. The Morgan fingerprint density at radius 3 is 2.71 bits per heavy atom. The number of rotatable bonds is 3. The molecule has 5 nitrogen and oxygen atoms in total. The summed E-state index contributed by atoms with van der Waals surface area (Å²) in [5.74, 6) is 0.116. The second kappa shape index (κ2) is 7.69. The summed E-state index contributed by atoms with van der Waals surface area (Å²) in [4.78, 5) is 26.1. The maximum Gasteiger partial charge on any atom is 0.409 e. The van der Waals surface area contributed by atoms with Crippen LogP contribution in [-0.2, 0) is 16.0 Å². The molecule has 1 saturated heterocycles. The zero-order valence-electron chi connectivity index (χ0n) is 14.3. The van der Waals surface area contributed by atoms with E-state index in [0.29, 0.717) is 32.5 Å². The van der Waals surface area contributed by atoms with Crippen LogP contribution in [0.4, 0.5) is 4.79 Å².